The van der Waals surface area contributed by atoms with Crippen molar-refractivity contribution in [3.05, 3.63) is 90.1 Å². The number of pyridine rings is 1. The lowest BCUT2D eigenvalue weighted by Crippen LogP contribution is -2.13. The number of anilines is 2. The molecule has 0 saturated heterocycles. The average Bonchev–Trinajstić information content (AvgIpc) is 2.82. The molecule has 0 unspecified atom stereocenters. The summed E-state index contributed by atoms with van der Waals surface area (Å²) >= 11 is 0. The van der Waals surface area contributed by atoms with Crippen LogP contribution in [-0.2, 0) is 21.4 Å². The van der Waals surface area contributed by atoms with E-state index in [1.54, 1.807) is 6.20 Å². The zero-order valence-electron chi connectivity index (χ0n) is 20.7. The largest absolute Gasteiger partial charge is 0.326 e. The fourth-order valence-corrected chi connectivity index (χ4v) is 4.12. The molecule has 4 aromatic rings. The molecule has 0 bridgehead atoms. The summed E-state index contributed by atoms with van der Waals surface area (Å²) in [5.74, 6) is -0.149. The summed E-state index contributed by atoms with van der Waals surface area (Å²) in [5.41, 5.74) is 6.68. The van der Waals surface area contributed by atoms with E-state index in [-0.39, 0.29) is 17.2 Å². The van der Waals surface area contributed by atoms with Gasteiger partial charge >= 0.3 is 0 Å². The summed E-state index contributed by atoms with van der Waals surface area (Å²) in [6, 6.07) is 23.9. The molecule has 2 amide bonds. The topological polar surface area (TPSA) is 71.1 Å². The number of fused-ring (bicyclic) bond motifs is 1. The predicted octanol–water partition coefficient (Wildman–Crippen LogP) is 6.73. The van der Waals surface area contributed by atoms with Gasteiger partial charge in [-0.25, -0.2) is 0 Å². The number of nitrogens with zero attached hydrogens (tertiary/aromatic N) is 1. The fourth-order valence-electron chi connectivity index (χ4n) is 4.12. The smallest absolute Gasteiger partial charge is 0.224 e. The molecule has 1 heterocycles. The Labute approximate surface area is 206 Å². The maximum absolute atomic E-state index is 12.8. The van der Waals surface area contributed by atoms with E-state index < -0.39 is 0 Å². The second-order valence-corrected chi connectivity index (χ2v) is 9.82. The average molecular weight is 466 g/mol. The zero-order chi connectivity index (χ0) is 25.0. The van der Waals surface area contributed by atoms with Crippen molar-refractivity contribution in [3.8, 4) is 11.1 Å². The van der Waals surface area contributed by atoms with Crippen molar-refractivity contribution in [2.45, 2.75) is 46.0 Å². The number of aromatic nitrogens is 1. The van der Waals surface area contributed by atoms with E-state index in [1.165, 1.54) is 12.5 Å². The van der Waals surface area contributed by atoms with Crippen LogP contribution in [0.25, 0.3) is 22.0 Å². The minimum Gasteiger partial charge on any atom is -0.326 e. The molecule has 35 heavy (non-hydrogen) atoms. The maximum atomic E-state index is 12.8. The molecule has 3 aromatic carbocycles. The summed E-state index contributed by atoms with van der Waals surface area (Å²) < 4.78 is 0. The summed E-state index contributed by atoms with van der Waals surface area (Å²) in [5, 5.41) is 6.77. The third kappa shape index (κ3) is 5.93. The lowest BCUT2D eigenvalue weighted by molar-refractivity contribution is -0.116. The van der Waals surface area contributed by atoms with Crippen LogP contribution in [0.1, 0.15) is 45.2 Å². The number of benzene rings is 3. The van der Waals surface area contributed by atoms with Crippen molar-refractivity contribution >= 4 is 34.1 Å². The predicted molar refractivity (Wildman–Crippen MR) is 144 cm³/mol. The summed E-state index contributed by atoms with van der Waals surface area (Å²) in [4.78, 5) is 28.8. The fraction of sp³-hybridized carbons (Fsp3) is 0.233. The van der Waals surface area contributed by atoms with Crippen LogP contribution in [0.5, 0.6) is 0 Å². The summed E-state index contributed by atoms with van der Waals surface area (Å²) in [7, 11) is 0. The second-order valence-electron chi connectivity index (χ2n) is 9.82. The number of carbonyl (C=O) groups excluding carboxylic acids is 2. The van der Waals surface area contributed by atoms with Gasteiger partial charge in [0.05, 0.1) is 11.2 Å². The van der Waals surface area contributed by atoms with Crippen molar-refractivity contribution in [3.63, 3.8) is 0 Å². The van der Waals surface area contributed by atoms with Crippen molar-refractivity contribution in [2.75, 3.05) is 10.6 Å². The Balaban J connectivity index is 1.52. The van der Waals surface area contributed by atoms with Crippen LogP contribution in [0, 0.1) is 0 Å². The quantitative estimate of drug-likeness (QED) is 0.332. The van der Waals surface area contributed by atoms with Crippen molar-refractivity contribution in [1.82, 2.24) is 4.98 Å². The van der Waals surface area contributed by atoms with Gasteiger partial charge in [-0.3, -0.25) is 14.6 Å². The number of nitrogens with one attached hydrogen (secondary N) is 2. The number of hydrogen-bond donors (Lipinski definition) is 2. The molecule has 0 aliphatic heterocycles. The standard InChI is InChI=1S/C30H31N3O2/c1-20(34)32-24-8-5-7-22(19-24)25-15-16-27(26-9-6-18-31-29(25)26)33-28(35)17-12-21-10-13-23(14-11-21)30(2,3)4/h5-11,13-16,18-19H,12,17H2,1-4H3,(H,32,34)(H,33,35). The molecule has 0 spiro atoms. The van der Waals surface area contributed by atoms with Gasteiger partial charge in [-0.05, 0) is 58.9 Å². The van der Waals surface area contributed by atoms with Gasteiger partial charge in [0, 0.05) is 36.2 Å². The minimum atomic E-state index is -0.117. The number of aryl methyl sites for hydroxylation is 1. The Morgan fingerprint density at radius 3 is 2.37 bits per heavy atom. The van der Waals surface area contributed by atoms with Gasteiger partial charge < -0.3 is 10.6 Å². The zero-order valence-corrected chi connectivity index (χ0v) is 20.7. The molecule has 0 aliphatic carbocycles. The monoisotopic (exact) mass is 465 g/mol. The number of rotatable bonds is 6. The molecular weight excluding hydrogens is 434 g/mol. The van der Waals surface area contributed by atoms with Crippen molar-refractivity contribution in [2.24, 2.45) is 0 Å². The summed E-state index contributed by atoms with van der Waals surface area (Å²) in [6.45, 7) is 8.07. The van der Waals surface area contributed by atoms with Crippen LogP contribution in [0.3, 0.4) is 0 Å². The van der Waals surface area contributed by atoms with Gasteiger partial charge in [-0.15, -0.1) is 0 Å². The first-order valence-corrected chi connectivity index (χ1v) is 11.9. The Kier molecular flexibility index (Phi) is 6.97. The van der Waals surface area contributed by atoms with Gasteiger partial charge in [0.15, 0.2) is 0 Å². The van der Waals surface area contributed by atoms with Crippen LogP contribution in [0.2, 0.25) is 0 Å². The third-order valence-corrected chi connectivity index (χ3v) is 6.00. The Bertz CT molecular complexity index is 1370. The normalized spacial score (nSPS) is 11.3. The Morgan fingerprint density at radius 2 is 1.66 bits per heavy atom. The molecule has 0 fully saturated rings. The number of hydrogen-bond acceptors (Lipinski definition) is 3. The highest BCUT2D eigenvalue weighted by molar-refractivity contribution is 6.06. The first kappa shape index (κ1) is 24.1. The molecule has 0 saturated carbocycles. The third-order valence-electron chi connectivity index (χ3n) is 6.00. The molecule has 5 nitrogen and oxygen atoms in total. The van der Waals surface area contributed by atoms with Crippen LogP contribution in [0.4, 0.5) is 11.4 Å². The lowest BCUT2D eigenvalue weighted by Gasteiger charge is -2.19. The molecule has 5 heteroatoms. The SMILES string of the molecule is CC(=O)Nc1cccc(-c2ccc(NC(=O)CCc3ccc(C(C)(C)C)cc3)c3cccnc23)c1. The highest BCUT2D eigenvalue weighted by Gasteiger charge is 2.14. The van der Waals surface area contributed by atoms with Crippen molar-refractivity contribution < 1.29 is 9.59 Å². The van der Waals surface area contributed by atoms with E-state index >= 15 is 0 Å². The van der Waals surface area contributed by atoms with Crippen LogP contribution in [-0.4, -0.2) is 16.8 Å². The van der Waals surface area contributed by atoms with E-state index in [0.29, 0.717) is 12.8 Å². The number of amides is 2. The van der Waals surface area contributed by atoms with E-state index in [0.717, 1.165) is 39.0 Å². The van der Waals surface area contributed by atoms with E-state index in [4.69, 9.17) is 0 Å². The van der Waals surface area contributed by atoms with Gasteiger partial charge in [0.1, 0.15) is 0 Å². The maximum Gasteiger partial charge on any atom is 0.224 e. The molecule has 0 aliphatic rings. The Hall–Kier alpha value is -3.99. The van der Waals surface area contributed by atoms with Crippen LogP contribution < -0.4 is 10.6 Å². The Morgan fingerprint density at radius 1 is 0.886 bits per heavy atom. The second kappa shape index (κ2) is 10.1. The molecule has 4 rings (SSSR count). The lowest BCUT2D eigenvalue weighted by atomic mass is 9.86. The number of carbonyl (C=O) groups is 2. The highest BCUT2D eigenvalue weighted by atomic mass is 16.2. The molecule has 178 valence electrons. The highest BCUT2D eigenvalue weighted by Crippen LogP contribution is 2.33. The van der Waals surface area contributed by atoms with Gasteiger partial charge in [0.25, 0.3) is 0 Å². The van der Waals surface area contributed by atoms with Gasteiger partial charge in [0.2, 0.25) is 11.8 Å². The van der Waals surface area contributed by atoms with E-state index in [1.807, 2.05) is 48.5 Å². The van der Waals surface area contributed by atoms with Gasteiger partial charge in [-0.1, -0.05) is 63.2 Å². The molecule has 2 N–H and O–H groups in total. The van der Waals surface area contributed by atoms with Crippen LogP contribution >= 0.6 is 0 Å². The first-order chi connectivity index (χ1) is 16.7. The molecular formula is C30H31N3O2. The molecule has 1 aromatic heterocycles. The summed E-state index contributed by atoms with van der Waals surface area (Å²) in [6.07, 6.45) is 2.83. The first-order valence-electron chi connectivity index (χ1n) is 11.9. The van der Waals surface area contributed by atoms with E-state index in [2.05, 4.69) is 60.7 Å². The van der Waals surface area contributed by atoms with Crippen LogP contribution in [0.15, 0.2) is 79.0 Å². The van der Waals surface area contributed by atoms with Gasteiger partial charge in [-0.2, -0.15) is 0 Å². The van der Waals surface area contributed by atoms with Crippen molar-refractivity contribution in [1.29, 1.82) is 0 Å². The molecule has 0 radical (unpaired) electrons. The molecule has 0 atom stereocenters. The minimum absolute atomic E-state index is 0.0320. The van der Waals surface area contributed by atoms with E-state index in [9.17, 15) is 9.59 Å².